The molecular weight excluding hydrogens is 276 g/mol. The standard InChI is InChI=1S/C19H14O3/c1-11-6-8-12(9-7-11)16(20)15-10-19(15)17(21)13-4-2-3-5-14(13)18(19)22/h2-9,15H,10H2,1H3. The summed E-state index contributed by atoms with van der Waals surface area (Å²) in [5.74, 6) is -0.978. The van der Waals surface area contributed by atoms with Gasteiger partial charge in [0, 0.05) is 22.6 Å². The Hall–Kier alpha value is -2.55. The number of aryl methyl sites for hydroxylation is 1. The van der Waals surface area contributed by atoms with Crippen LogP contribution >= 0.6 is 0 Å². The van der Waals surface area contributed by atoms with Crippen LogP contribution in [0, 0.1) is 18.3 Å². The predicted molar refractivity (Wildman–Crippen MR) is 81.2 cm³/mol. The molecule has 1 fully saturated rings. The Labute approximate surface area is 128 Å². The van der Waals surface area contributed by atoms with Crippen molar-refractivity contribution in [1.29, 1.82) is 0 Å². The van der Waals surface area contributed by atoms with Crippen molar-refractivity contribution in [3.8, 4) is 0 Å². The molecule has 0 heterocycles. The molecule has 1 saturated carbocycles. The fourth-order valence-corrected chi connectivity index (χ4v) is 3.46. The van der Waals surface area contributed by atoms with E-state index in [1.165, 1.54) is 0 Å². The molecule has 1 unspecified atom stereocenters. The SMILES string of the molecule is Cc1ccc(C(=O)C2CC23C(=O)c2ccccc2C3=O)cc1. The van der Waals surface area contributed by atoms with Gasteiger partial charge < -0.3 is 0 Å². The minimum Gasteiger partial charge on any atom is -0.294 e. The summed E-state index contributed by atoms with van der Waals surface area (Å²) in [4.78, 5) is 37.9. The lowest BCUT2D eigenvalue weighted by Gasteiger charge is -2.06. The van der Waals surface area contributed by atoms with Gasteiger partial charge >= 0.3 is 0 Å². The second-order valence-corrected chi connectivity index (χ2v) is 6.16. The minimum atomic E-state index is -1.12. The smallest absolute Gasteiger partial charge is 0.178 e. The Bertz CT molecular complexity index is 795. The van der Waals surface area contributed by atoms with Gasteiger partial charge in [-0.15, -0.1) is 0 Å². The zero-order valence-corrected chi connectivity index (χ0v) is 12.1. The Morgan fingerprint density at radius 1 is 0.955 bits per heavy atom. The fourth-order valence-electron chi connectivity index (χ4n) is 3.46. The van der Waals surface area contributed by atoms with Gasteiger partial charge in [-0.05, 0) is 13.3 Å². The quantitative estimate of drug-likeness (QED) is 0.630. The van der Waals surface area contributed by atoms with Crippen molar-refractivity contribution in [2.24, 2.45) is 11.3 Å². The van der Waals surface area contributed by atoms with E-state index < -0.39 is 11.3 Å². The molecule has 0 radical (unpaired) electrons. The van der Waals surface area contributed by atoms with Crippen molar-refractivity contribution >= 4 is 17.3 Å². The fraction of sp³-hybridized carbons (Fsp3) is 0.211. The Kier molecular flexibility index (Phi) is 2.52. The van der Waals surface area contributed by atoms with Crippen LogP contribution in [0.3, 0.4) is 0 Å². The molecule has 22 heavy (non-hydrogen) atoms. The largest absolute Gasteiger partial charge is 0.294 e. The monoisotopic (exact) mass is 290 g/mol. The third-order valence-electron chi connectivity index (χ3n) is 4.84. The molecule has 3 heteroatoms. The summed E-state index contributed by atoms with van der Waals surface area (Å²) in [7, 11) is 0. The van der Waals surface area contributed by atoms with Crippen LogP contribution in [-0.2, 0) is 0 Å². The second kappa shape index (κ2) is 4.23. The molecule has 2 aliphatic carbocycles. The van der Waals surface area contributed by atoms with Crippen LogP contribution in [0.4, 0.5) is 0 Å². The number of hydrogen-bond acceptors (Lipinski definition) is 3. The normalized spacial score (nSPS) is 21.0. The lowest BCUT2D eigenvalue weighted by molar-refractivity contribution is 0.0766. The first-order valence-electron chi connectivity index (χ1n) is 7.35. The van der Waals surface area contributed by atoms with E-state index in [0.29, 0.717) is 23.1 Å². The van der Waals surface area contributed by atoms with E-state index in [-0.39, 0.29) is 17.3 Å². The number of carbonyl (C=O) groups excluding carboxylic acids is 3. The van der Waals surface area contributed by atoms with Crippen LogP contribution < -0.4 is 0 Å². The Morgan fingerprint density at radius 3 is 2.05 bits per heavy atom. The van der Waals surface area contributed by atoms with Gasteiger partial charge in [0.1, 0.15) is 5.41 Å². The van der Waals surface area contributed by atoms with E-state index in [1.807, 2.05) is 19.1 Å². The molecule has 4 rings (SSSR count). The number of rotatable bonds is 2. The molecule has 0 saturated heterocycles. The van der Waals surface area contributed by atoms with Crippen molar-refractivity contribution in [3.63, 3.8) is 0 Å². The molecule has 1 spiro atoms. The summed E-state index contributed by atoms with van der Waals surface area (Å²) < 4.78 is 0. The number of carbonyl (C=O) groups is 3. The number of fused-ring (bicyclic) bond motifs is 1. The van der Waals surface area contributed by atoms with Gasteiger partial charge in [0.05, 0.1) is 0 Å². The van der Waals surface area contributed by atoms with Crippen LogP contribution in [0.1, 0.15) is 43.1 Å². The molecule has 0 bridgehead atoms. The summed E-state index contributed by atoms with van der Waals surface area (Å²) in [6, 6.07) is 14.1. The average molecular weight is 290 g/mol. The van der Waals surface area contributed by atoms with E-state index >= 15 is 0 Å². The van der Waals surface area contributed by atoms with Gasteiger partial charge in [0.25, 0.3) is 0 Å². The van der Waals surface area contributed by atoms with Crippen LogP contribution in [0.2, 0.25) is 0 Å². The highest BCUT2D eigenvalue weighted by atomic mass is 16.2. The first-order valence-corrected chi connectivity index (χ1v) is 7.35. The summed E-state index contributed by atoms with van der Waals surface area (Å²) in [6.45, 7) is 1.95. The molecular formula is C19H14O3. The predicted octanol–water partition coefficient (Wildman–Crippen LogP) is 3.26. The first kappa shape index (κ1) is 13.1. The molecule has 2 aliphatic rings. The Morgan fingerprint density at radius 2 is 1.50 bits per heavy atom. The van der Waals surface area contributed by atoms with Gasteiger partial charge in [0.15, 0.2) is 17.3 Å². The average Bonchev–Trinajstić information content (AvgIpc) is 3.26. The van der Waals surface area contributed by atoms with Crippen molar-refractivity contribution in [3.05, 3.63) is 70.8 Å². The molecule has 2 aromatic carbocycles. The van der Waals surface area contributed by atoms with E-state index in [1.54, 1.807) is 36.4 Å². The third-order valence-corrected chi connectivity index (χ3v) is 4.84. The van der Waals surface area contributed by atoms with E-state index in [0.717, 1.165) is 5.56 Å². The topological polar surface area (TPSA) is 51.2 Å². The van der Waals surface area contributed by atoms with Gasteiger partial charge in [-0.1, -0.05) is 54.1 Å². The van der Waals surface area contributed by atoms with Crippen LogP contribution in [0.15, 0.2) is 48.5 Å². The van der Waals surface area contributed by atoms with Gasteiger partial charge in [-0.25, -0.2) is 0 Å². The summed E-state index contributed by atoms with van der Waals surface area (Å²) in [6.07, 6.45) is 0.339. The zero-order valence-electron chi connectivity index (χ0n) is 12.1. The molecule has 0 N–H and O–H groups in total. The molecule has 3 nitrogen and oxygen atoms in total. The zero-order chi connectivity index (χ0) is 15.5. The van der Waals surface area contributed by atoms with Crippen LogP contribution in [0.5, 0.6) is 0 Å². The molecule has 108 valence electrons. The van der Waals surface area contributed by atoms with E-state index in [9.17, 15) is 14.4 Å². The molecule has 1 atom stereocenters. The lowest BCUT2D eigenvalue weighted by Crippen LogP contribution is -2.22. The van der Waals surface area contributed by atoms with E-state index in [2.05, 4.69) is 0 Å². The van der Waals surface area contributed by atoms with Crippen LogP contribution in [0.25, 0.3) is 0 Å². The minimum absolute atomic E-state index is 0.102. The number of Topliss-reactive ketones (excluding diaryl/α,β-unsaturated/α-hetero) is 3. The van der Waals surface area contributed by atoms with Crippen molar-refractivity contribution in [2.45, 2.75) is 13.3 Å². The highest BCUT2D eigenvalue weighted by Gasteiger charge is 2.71. The Balaban J connectivity index is 1.70. The number of benzene rings is 2. The lowest BCUT2D eigenvalue weighted by atomic mass is 9.93. The van der Waals surface area contributed by atoms with Gasteiger partial charge in [-0.3, -0.25) is 14.4 Å². The molecule has 0 amide bonds. The molecule has 2 aromatic rings. The van der Waals surface area contributed by atoms with Crippen molar-refractivity contribution in [2.75, 3.05) is 0 Å². The maximum Gasteiger partial charge on any atom is 0.178 e. The van der Waals surface area contributed by atoms with Crippen LogP contribution in [-0.4, -0.2) is 17.3 Å². The first-order chi connectivity index (χ1) is 10.6. The highest BCUT2D eigenvalue weighted by molar-refractivity contribution is 6.34. The highest BCUT2D eigenvalue weighted by Crippen LogP contribution is 2.61. The second-order valence-electron chi connectivity index (χ2n) is 6.16. The van der Waals surface area contributed by atoms with Gasteiger partial charge in [-0.2, -0.15) is 0 Å². The van der Waals surface area contributed by atoms with Gasteiger partial charge in [0.2, 0.25) is 0 Å². The van der Waals surface area contributed by atoms with Crippen molar-refractivity contribution < 1.29 is 14.4 Å². The summed E-state index contributed by atoms with van der Waals surface area (Å²) in [5, 5.41) is 0. The third kappa shape index (κ3) is 1.54. The summed E-state index contributed by atoms with van der Waals surface area (Å²) in [5.41, 5.74) is 1.45. The van der Waals surface area contributed by atoms with E-state index in [4.69, 9.17) is 0 Å². The number of ketones is 3. The summed E-state index contributed by atoms with van der Waals surface area (Å²) >= 11 is 0. The number of hydrogen-bond donors (Lipinski definition) is 0. The molecule has 0 aliphatic heterocycles. The van der Waals surface area contributed by atoms with Crippen molar-refractivity contribution in [1.82, 2.24) is 0 Å². The maximum absolute atomic E-state index is 12.6. The maximum atomic E-state index is 12.6. The molecule has 0 aromatic heterocycles.